The number of hydrogen-bond donors (Lipinski definition) is 3. The lowest BCUT2D eigenvalue weighted by Gasteiger charge is -2.10. The van der Waals surface area contributed by atoms with Crippen LogP contribution in [0.15, 0.2) is 41.4 Å². The molecule has 0 amide bonds. The van der Waals surface area contributed by atoms with Gasteiger partial charge in [-0.2, -0.15) is 4.98 Å². The number of benzene rings is 1. The Morgan fingerprint density at radius 1 is 1.12 bits per heavy atom. The highest BCUT2D eigenvalue weighted by Gasteiger charge is 2.06. The summed E-state index contributed by atoms with van der Waals surface area (Å²) < 4.78 is 22.4. The van der Waals surface area contributed by atoms with E-state index in [0.717, 1.165) is 24.3 Å². The summed E-state index contributed by atoms with van der Waals surface area (Å²) in [7, 11) is -3.64. The van der Waals surface area contributed by atoms with Crippen molar-refractivity contribution >= 4 is 21.8 Å². The zero-order chi connectivity index (χ0) is 17.6. The van der Waals surface area contributed by atoms with Gasteiger partial charge in [-0.3, -0.25) is 0 Å². The second-order valence-corrected chi connectivity index (χ2v) is 7.47. The minimum absolute atomic E-state index is 0.117. The number of primary sulfonamides is 1. The molecule has 0 radical (unpaired) electrons. The minimum Gasteiger partial charge on any atom is -0.370 e. The highest BCUT2D eigenvalue weighted by atomic mass is 32.2. The van der Waals surface area contributed by atoms with Crippen LogP contribution in [0.5, 0.6) is 0 Å². The quantitative estimate of drug-likeness (QED) is 0.671. The summed E-state index contributed by atoms with van der Waals surface area (Å²) in [6.07, 6.45) is 2.43. The SMILES string of the molecule is CC(C)CNc1ccnc(NCCc2ccc(S(N)(=O)=O)cc2)n1. The molecule has 0 aliphatic carbocycles. The Balaban J connectivity index is 1.86. The number of nitrogens with one attached hydrogen (secondary N) is 2. The molecule has 24 heavy (non-hydrogen) atoms. The highest BCUT2D eigenvalue weighted by Crippen LogP contribution is 2.10. The van der Waals surface area contributed by atoms with Crippen molar-refractivity contribution in [2.24, 2.45) is 11.1 Å². The number of nitrogens with two attached hydrogens (primary N) is 1. The number of sulfonamides is 1. The first-order chi connectivity index (χ1) is 11.3. The molecule has 4 N–H and O–H groups in total. The normalized spacial score (nSPS) is 11.5. The Morgan fingerprint density at radius 2 is 1.83 bits per heavy atom. The fraction of sp³-hybridized carbons (Fsp3) is 0.375. The van der Waals surface area contributed by atoms with E-state index in [9.17, 15) is 8.42 Å². The Labute approximate surface area is 142 Å². The summed E-state index contributed by atoms with van der Waals surface area (Å²) >= 11 is 0. The average molecular weight is 349 g/mol. The van der Waals surface area contributed by atoms with E-state index in [2.05, 4.69) is 34.4 Å². The summed E-state index contributed by atoms with van der Waals surface area (Å²) in [6, 6.07) is 8.36. The molecule has 0 saturated heterocycles. The molecule has 0 spiro atoms. The first-order valence-electron chi connectivity index (χ1n) is 7.77. The predicted octanol–water partition coefficient (Wildman–Crippen LogP) is 1.85. The van der Waals surface area contributed by atoms with Gasteiger partial charge in [0.15, 0.2) is 0 Å². The summed E-state index contributed by atoms with van der Waals surface area (Å²) in [5.74, 6) is 1.89. The minimum atomic E-state index is -3.64. The Bertz CT molecular complexity index is 760. The molecule has 0 unspecified atom stereocenters. The van der Waals surface area contributed by atoms with Gasteiger partial charge < -0.3 is 10.6 Å². The maximum atomic E-state index is 11.2. The maximum Gasteiger partial charge on any atom is 0.238 e. The van der Waals surface area contributed by atoms with Crippen molar-refractivity contribution < 1.29 is 8.42 Å². The van der Waals surface area contributed by atoms with Gasteiger partial charge in [0.2, 0.25) is 16.0 Å². The van der Waals surface area contributed by atoms with Gasteiger partial charge in [0, 0.05) is 19.3 Å². The van der Waals surface area contributed by atoms with Crippen molar-refractivity contribution in [3.63, 3.8) is 0 Å². The third kappa shape index (κ3) is 5.78. The molecule has 1 aromatic heterocycles. The number of hydrogen-bond acceptors (Lipinski definition) is 6. The van der Waals surface area contributed by atoms with Crippen LogP contribution in [0.1, 0.15) is 19.4 Å². The van der Waals surface area contributed by atoms with Crippen LogP contribution in [0, 0.1) is 5.92 Å². The monoisotopic (exact) mass is 349 g/mol. The van der Waals surface area contributed by atoms with E-state index >= 15 is 0 Å². The number of nitrogens with zero attached hydrogens (tertiary/aromatic N) is 2. The van der Waals surface area contributed by atoms with Crippen molar-refractivity contribution in [2.75, 3.05) is 23.7 Å². The average Bonchev–Trinajstić information content (AvgIpc) is 2.53. The van der Waals surface area contributed by atoms with Gasteiger partial charge in [0.05, 0.1) is 4.90 Å². The lowest BCUT2D eigenvalue weighted by molar-refractivity contribution is 0.598. The van der Waals surface area contributed by atoms with Crippen LogP contribution in [0.25, 0.3) is 0 Å². The molecule has 1 heterocycles. The van der Waals surface area contributed by atoms with Crippen molar-refractivity contribution in [3.8, 4) is 0 Å². The van der Waals surface area contributed by atoms with Crippen LogP contribution in [0.3, 0.4) is 0 Å². The lowest BCUT2D eigenvalue weighted by atomic mass is 10.1. The number of aromatic nitrogens is 2. The van der Waals surface area contributed by atoms with E-state index in [1.807, 2.05) is 6.07 Å². The predicted molar refractivity (Wildman–Crippen MR) is 95.4 cm³/mol. The fourth-order valence-corrected chi connectivity index (χ4v) is 2.53. The van der Waals surface area contributed by atoms with E-state index in [1.165, 1.54) is 12.1 Å². The van der Waals surface area contributed by atoms with E-state index in [1.54, 1.807) is 18.3 Å². The van der Waals surface area contributed by atoms with Crippen LogP contribution in [-0.4, -0.2) is 31.5 Å². The van der Waals surface area contributed by atoms with Crippen LogP contribution in [-0.2, 0) is 16.4 Å². The van der Waals surface area contributed by atoms with Gasteiger partial charge in [-0.05, 0) is 36.1 Å². The van der Waals surface area contributed by atoms with Crippen molar-refractivity contribution in [2.45, 2.75) is 25.2 Å². The smallest absolute Gasteiger partial charge is 0.238 e. The number of rotatable bonds is 8. The molecule has 2 aromatic rings. The highest BCUT2D eigenvalue weighted by molar-refractivity contribution is 7.89. The lowest BCUT2D eigenvalue weighted by Crippen LogP contribution is -2.13. The zero-order valence-corrected chi connectivity index (χ0v) is 14.7. The van der Waals surface area contributed by atoms with E-state index < -0.39 is 10.0 Å². The summed E-state index contributed by atoms with van der Waals surface area (Å²) in [5.41, 5.74) is 1.00. The van der Waals surface area contributed by atoms with E-state index in [4.69, 9.17) is 5.14 Å². The Kier molecular flexibility index (Phi) is 6.10. The van der Waals surface area contributed by atoms with Crippen LogP contribution < -0.4 is 15.8 Å². The van der Waals surface area contributed by atoms with Gasteiger partial charge in [-0.1, -0.05) is 26.0 Å². The maximum absolute atomic E-state index is 11.2. The molecule has 2 rings (SSSR count). The summed E-state index contributed by atoms with van der Waals surface area (Å²) in [6.45, 7) is 5.76. The molecule has 0 aliphatic heterocycles. The van der Waals surface area contributed by atoms with Gasteiger partial charge in [-0.15, -0.1) is 0 Å². The molecule has 130 valence electrons. The van der Waals surface area contributed by atoms with Crippen molar-refractivity contribution in [1.82, 2.24) is 9.97 Å². The molecule has 0 bridgehead atoms. The molecule has 1 aromatic carbocycles. The molecule has 7 nitrogen and oxygen atoms in total. The third-order valence-corrected chi connectivity index (χ3v) is 4.22. The molecule has 0 fully saturated rings. The second kappa shape index (κ2) is 8.07. The second-order valence-electron chi connectivity index (χ2n) is 5.91. The van der Waals surface area contributed by atoms with Crippen LogP contribution >= 0.6 is 0 Å². The van der Waals surface area contributed by atoms with Gasteiger partial charge in [0.1, 0.15) is 5.82 Å². The van der Waals surface area contributed by atoms with E-state index in [0.29, 0.717) is 18.4 Å². The standard InChI is InChI=1S/C16H23N5O2S/c1-12(2)11-20-15-8-10-19-16(21-15)18-9-7-13-3-5-14(6-4-13)24(17,22)23/h3-6,8,10,12H,7,9,11H2,1-2H3,(H2,17,22,23)(H2,18,19,20,21). The van der Waals surface area contributed by atoms with Crippen molar-refractivity contribution in [3.05, 3.63) is 42.1 Å². The van der Waals surface area contributed by atoms with Crippen LogP contribution in [0.2, 0.25) is 0 Å². The van der Waals surface area contributed by atoms with Gasteiger partial charge >= 0.3 is 0 Å². The van der Waals surface area contributed by atoms with Crippen LogP contribution in [0.4, 0.5) is 11.8 Å². The molecule has 0 saturated carbocycles. The molecular weight excluding hydrogens is 326 g/mol. The molecular formula is C16H23N5O2S. The zero-order valence-electron chi connectivity index (χ0n) is 13.9. The largest absolute Gasteiger partial charge is 0.370 e. The summed E-state index contributed by atoms with van der Waals surface area (Å²) in [5, 5.41) is 11.5. The van der Waals surface area contributed by atoms with Crippen molar-refractivity contribution in [1.29, 1.82) is 0 Å². The Hall–Kier alpha value is -2.19. The van der Waals surface area contributed by atoms with Gasteiger partial charge in [0.25, 0.3) is 0 Å². The topological polar surface area (TPSA) is 110 Å². The first kappa shape index (κ1) is 18.2. The fourth-order valence-electron chi connectivity index (χ4n) is 2.02. The van der Waals surface area contributed by atoms with E-state index in [-0.39, 0.29) is 4.90 Å². The molecule has 0 aliphatic rings. The molecule has 0 atom stereocenters. The van der Waals surface area contributed by atoms with Gasteiger partial charge in [-0.25, -0.2) is 18.5 Å². The number of anilines is 2. The third-order valence-electron chi connectivity index (χ3n) is 3.30. The summed E-state index contributed by atoms with van der Waals surface area (Å²) in [4.78, 5) is 8.70. The first-order valence-corrected chi connectivity index (χ1v) is 9.32. The Morgan fingerprint density at radius 3 is 2.46 bits per heavy atom. The molecule has 8 heteroatoms.